The van der Waals surface area contributed by atoms with Gasteiger partial charge in [-0.2, -0.15) is 0 Å². The van der Waals surface area contributed by atoms with E-state index in [9.17, 15) is 14.7 Å². The Balaban J connectivity index is 1.86. The second-order valence-electron chi connectivity index (χ2n) is 11.2. The fraction of sp³-hybridized carbons (Fsp3) is 0.562. The number of amides is 1. The molecule has 4 N–H and O–H groups in total. The van der Waals surface area contributed by atoms with Gasteiger partial charge in [0.2, 0.25) is 0 Å². The molecule has 222 valence electrons. The molecule has 0 radical (unpaired) electrons. The van der Waals surface area contributed by atoms with Crippen molar-refractivity contribution < 1.29 is 24.2 Å². The first-order chi connectivity index (χ1) is 19.2. The van der Waals surface area contributed by atoms with E-state index in [1.807, 2.05) is 20.2 Å². The third-order valence-electron chi connectivity index (χ3n) is 7.39. The maximum atomic E-state index is 12.7. The summed E-state index contributed by atoms with van der Waals surface area (Å²) >= 11 is 0. The summed E-state index contributed by atoms with van der Waals surface area (Å²) in [6, 6.07) is 7.12. The molecule has 1 aliphatic rings. The predicted molar refractivity (Wildman–Crippen MR) is 160 cm³/mol. The third kappa shape index (κ3) is 12.5. The van der Waals surface area contributed by atoms with Crippen molar-refractivity contribution in [3.63, 3.8) is 0 Å². The van der Waals surface area contributed by atoms with Crippen LogP contribution in [0.1, 0.15) is 75.9 Å². The fourth-order valence-electron chi connectivity index (χ4n) is 5.22. The number of nitrogens with one attached hydrogen (secondary N) is 1. The first kappa shape index (κ1) is 33.3. The number of aliphatic hydroxyl groups excluding tert-OH is 1. The maximum Gasteiger partial charge on any atom is 0.412 e. The highest BCUT2D eigenvalue weighted by Gasteiger charge is 2.35. The maximum absolute atomic E-state index is 12.7. The van der Waals surface area contributed by atoms with Crippen molar-refractivity contribution >= 4 is 12.1 Å². The van der Waals surface area contributed by atoms with E-state index in [4.69, 9.17) is 15.2 Å². The van der Waals surface area contributed by atoms with Gasteiger partial charge in [0.1, 0.15) is 12.4 Å². The number of ether oxygens (including phenoxy) is 2. The van der Waals surface area contributed by atoms with Crippen LogP contribution < -0.4 is 15.8 Å². The minimum absolute atomic E-state index is 0.130. The van der Waals surface area contributed by atoms with Gasteiger partial charge in [0.15, 0.2) is 0 Å². The zero-order valence-corrected chi connectivity index (χ0v) is 24.4. The van der Waals surface area contributed by atoms with Crippen molar-refractivity contribution in [1.29, 1.82) is 0 Å². The molecule has 1 aromatic carbocycles. The minimum Gasteiger partial charge on any atom is -0.461 e. The number of hydrogen-bond donors (Lipinski definition) is 3. The Kier molecular flexibility index (Phi) is 14.7. The summed E-state index contributed by atoms with van der Waals surface area (Å²) in [4.78, 5) is 27.4. The highest BCUT2D eigenvalue weighted by atomic mass is 16.6. The third-order valence-corrected chi connectivity index (χ3v) is 7.39. The van der Waals surface area contributed by atoms with Crippen molar-refractivity contribution in [2.75, 3.05) is 33.8 Å². The van der Waals surface area contributed by atoms with Crippen LogP contribution in [0.2, 0.25) is 0 Å². The minimum atomic E-state index is -0.642. The Bertz CT molecular complexity index is 985. The van der Waals surface area contributed by atoms with Gasteiger partial charge in [-0.15, -0.1) is 0 Å². The van der Waals surface area contributed by atoms with Gasteiger partial charge in [-0.25, -0.2) is 4.79 Å². The molecular weight excluding hydrogens is 506 g/mol. The zero-order chi connectivity index (χ0) is 29.4. The van der Waals surface area contributed by atoms with Crippen molar-refractivity contribution in [1.82, 2.24) is 10.2 Å². The molecule has 1 aromatic rings. The van der Waals surface area contributed by atoms with Crippen molar-refractivity contribution in [3.8, 4) is 5.75 Å². The number of allylic oxidation sites excluding steroid dienone is 2. The standard InChI is InChI=1S/C32H49N3O5/c1-5-13-25(6-2)23-39-30(37)21-32(18-10-7-11-19-32)24-34-31(38)40-28-16-12-14-26(20-28)29(36)17-9-8-15-27(33)22-35(3)4/h5-6,12-14,16,20,27,29,36H,1-2,7-11,15,17-19,21-24,33H2,3-4H3,(H,34,38)/b25-13+. The van der Waals surface area contributed by atoms with Gasteiger partial charge in [-0.05, 0) is 68.5 Å². The molecule has 2 atom stereocenters. The predicted octanol–water partition coefficient (Wildman–Crippen LogP) is 5.44. The van der Waals surface area contributed by atoms with Gasteiger partial charge in [-0.3, -0.25) is 4.79 Å². The normalized spacial score (nSPS) is 16.6. The van der Waals surface area contributed by atoms with E-state index in [1.54, 1.807) is 36.4 Å². The average Bonchev–Trinajstić information content (AvgIpc) is 2.92. The molecule has 0 spiro atoms. The SMILES string of the molecule is C=C/C=C(\C=C)COC(=O)CC1(CNC(=O)Oc2cccc(C(O)CCCCC(N)CN(C)C)c2)CCCCC1. The molecule has 40 heavy (non-hydrogen) atoms. The van der Waals surface area contributed by atoms with E-state index < -0.39 is 12.2 Å². The number of nitrogens with zero attached hydrogens (tertiary/aromatic N) is 1. The summed E-state index contributed by atoms with van der Waals surface area (Å²) in [6.45, 7) is 8.71. The van der Waals surface area contributed by atoms with Crippen LogP contribution in [0.4, 0.5) is 4.79 Å². The van der Waals surface area contributed by atoms with Crippen LogP contribution in [0.3, 0.4) is 0 Å². The van der Waals surface area contributed by atoms with Crippen LogP contribution in [-0.4, -0.2) is 61.9 Å². The number of esters is 1. The second kappa shape index (κ2) is 17.7. The second-order valence-corrected chi connectivity index (χ2v) is 11.2. The van der Waals surface area contributed by atoms with Gasteiger partial charge >= 0.3 is 12.1 Å². The average molecular weight is 556 g/mol. The monoisotopic (exact) mass is 555 g/mol. The summed E-state index contributed by atoms with van der Waals surface area (Å²) in [5.41, 5.74) is 7.24. The number of carbonyl (C=O) groups excluding carboxylic acids is 2. The molecule has 0 bridgehead atoms. The lowest BCUT2D eigenvalue weighted by Crippen LogP contribution is -2.41. The van der Waals surface area contributed by atoms with E-state index >= 15 is 0 Å². The molecule has 2 unspecified atom stereocenters. The number of likely N-dealkylation sites (N-methyl/N-ethyl adjacent to an activating group) is 1. The topological polar surface area (TPSA) is 114 Å². The van der Waals surface area contributed by atoms with Crippen LogP contribution >= 0.6 is 0 Å². The highest BCUT2D eigenvalue weighted by Crippen LogP contribution is 2.39. The summed E-state index contributed by atoms with van der Waals surface area (Å²) in [5.74, 6) is 0.0698. The number of hydrogen-bond acceptors (Lipinski definition) is 7. The fourth-order valence-corrected chi connectivity index (χ4v) is 5.22. The first-order valence-electron chi connectivity index (χ1n) is 14.4. The van der Waals surface area contributed by atoms with Crippen molar-refractivity contribution in [2.24, 2.45) is 11.1 Å². The smallest absolute Gasteiger partial charge is 0.412 e. The molecule has 1 saturated carbocycles. The lowest BCUT2D eigenvalue weighted by atomic mass is 9.71. The Morgan fingerprint density at radius 1 is 1.18 bits per heavy atom. The highest BCUT2D eigenvalue weighted by molar-refractivity contribution is 5.72. The van der Waals surface area contributed by atoms with Gasteiger partial charge in [0, 0.05) is 19.1 Å². The van der Waals surface area contributed by atoms with Crippen molar-refractivity contribution in [2.45, 2.75) is 76.4 Å². The van der Waals surface area contributed by atoms with E-state index in [0.29, 0.717) is 24.3 Å². The number of unbranched alkanes of at least 4 members (excludes halogenated alkanes) is 1. The quantitative estimate of drug-likeness (QED) is 0.133. The van der Waals surface area contributed by atoms with Crippen LogP contribution in [0.15, 0.2) is 61.2 Å². The van der Waals surface area contributed by atoms with Crippen LogP contribution in [0.25, 0.3) is 0 Å². The van der Waals surface area contributed by atoms with Gasteiger partial charge in [0.05, 0.1) is 12.5 Å². The number of nitrogens with two attached hydrogens (primary N) is 1. The van der Waals surface area contributed by atoms with E-state index in [0.717, 1.165) is 63.5 Å². The molecule has 2 rings (SSSR count). The number of carbonyl (C=O) groups is 2. The largest absolute Gasteiger partial charge is 0.461 e. The summed E-state index contributed by atoms with van der Waals surface area (Å²) in [5, 5.41) is 13.5. The molecule has 1 fully saturated rings. The molecular formula is C32H49N3O5. The first-order valence-corrected chi connectivity index (χ1v) is 14.4. The Labute approximate surface area is 240 Å². The summed E-state index contributed by atoms with van der Waals surface area (Å²) in [7, 11) is 4.02. The zero-order valence-electron chi connectivity index (χ0n) is 24.4. The van der Waals surface area contributed by atoms with E-state index in [2.05, 4.69) is 23.4 Å². The van der Waals surface area contributed by atoms with Crippen LogP contribution in [0.5, 0.6) is 5.75 Å². The molecule has 0 saturated heterocycles. The number of rotatable bonds is 17. The van der Waals surface area contributed by atoms with Crippen LogP contribution in [0, 0.1) is 5.41 Å². The van der Waals surface area contributed by atoms with E-state index in [-0.39, 0.29) is 30.5 Å². The van der Waals surface area contributed by atoms with E-state index in [1.165, 1.54) is 0 Å². The molecule has 8 heteroatoms. The van der Waals surface area contributed by atoms with Gasteiger partial charge in [-0.1, -0.05) is 75.6 Å². The van der Waals surface area contributed by atoms with Gasteiger partial charge in [0.25, 0.3) is 0 Å². The molecule has 1 amide bonds. The number of benzene rings is 1. The molecule has 8 nitrogen and oxygen atoms in total. The Morgan fingerprint density at radius 3 is 2.58 bits per heavy atom. The molecule has 0 aromatic heterocycles. The molecule has 0 aliphatic heterocycles. The Hall–Kier alpha value is -2.94. The molecule has 0 heterocycles. The number of aliphatic hydroxyl groups is 1. The van der Waals surface area contributed by atoms with Crippen molar-refractivity contribution in [3.05, 3.63) is 66.8 Å². The summed E-state index contributed by atoms with van der Waals surface area (Å²) < 4.78 is 11.0. The lowest BCUT2D eigenvalue weighted by molar-refractivity contribution is -0.146. The van der Waals surface area contributed by atoms with Crippen LogP contribution in [-0.2, 0) is 9.53 Å². The Morgan fingerprint density at radius 2 is 1.90 bits per heavy atom. The lowest BCUT2D eigenvalue weighted by Gasteiger charge is -2.36. The summed E-state index contributed by atoms with van der Waals surface area (Å²) in [6.07, 6.45) is 12.1. The van der Waals surface area contributed by atoms with Gasteiger partial charge < -0.3 is 30.5 Å². The molecule has 1 aliphatic carbocycles.